The quantitative estimate of drug-likeness (QED) is 0.0982. The Balaban J connectivity index is 3.11. The van der Waals surface area contributed by atoms with Gasteiger partial charge in [-0.05, 0) is 136 Å². The molecule has 1 aliphatic heterocycles. The molecule has 1 saturated heterocycles. The number of nitrogens with zero attached hydrogens (tertiary/aromatic N) is 8. The largest absolute Gasteiger partial charge is 0.390 e. The van der Waals surface area contributed by atoms with E-state index >= 15 is 28.8 Å². The molecule has 96 heavy (non-hydrogen) atoms. The molecule has 1 aliphatic carbocycles. The second kappa shape index (κ2) is 37.9. The average molecular weight is 1380 g/mol. The van der Waals surface area contributed by atoms with Gasteiger partial charge in [0, 0.05) is 67.0 Å². The summed E-state index contributed by atoms with van der Waals surface area (Å²) >= 11 is 1.37. The second-order valence-electron chi connectivity index (χ2n) is 30.2. The zero-order valence-electron chi connectivity index (χ0n) is 63.2. The van der Waals surface area contributed by atoms with Crippen molar-refractivity contribution in [2.24, 2.45) is 35.5 Å². The zero-order chi connectivity index (χ0) is 74.1. The first-order chi connectivity index (χ1) is 44.2. The summed E-state index contributed by atoms with van der Waals surface area (Å²) in [6.07, 6.45) is 4.89. The number of carbonyl (C=O) groups excluding carboxylic acids is 11. The van der Waals surface area contributed by atoms with Gasteiger partial charge in [0.25, 0.3) is 0 Å². The van der Waals surface area contributed by atoms with Gasteiger partial charge in [0.2, 0.25) is 65.0 Å². The van der Waals surface area contributed by atoms with Crippen LogP contribution in [0, 0.1) is 35.5 Å². The van der Waals surface area contributed by atoms with E-state index in [2.05, 4.69) is 26.2 Å². The molecule has 11 amide bonds. The number of likely N-dealkylation sites (N-methyl/N-ethyl adjacent to an activating group) is 7. The molecule has 6 N–H and O–H groups in total. The summed E-state index contributed by atoms with van der Waals surface area (Å²) in [5.41, 5.74) is -1.81. The molecule has 26 heteroatoms. The molecule has 0 spiro atoms. The summed E-state index contributed by atoms with van der Waals surface area (Å²) in [5.74, 6) is -9.32. The smallest absolute Gasteiger partial charge is 0.246 e. The molecule has 0 aromatic carbocycles. The summed E-state index contributed by atoms with van der Waals surface area (Å²) in [5, 5.41) is 33.9. The van der Waals surface area contributed by atoms with Crippen LogP contribution in [0.25, 0.3) is 0 Å². The average Bonchev–Trinajstić information content (AvgIpc) is 0.810. The van der Waals surface area contributed by atoms with Gasteiger partial charge < -0.3 is 70.7 Å². The van der Waals surface area contributed by atoms with E-state index in [4.69, 9.17) is 0 Å². The molecule has 25 nitrogen and oxygen atoms in total. The molecule has 2 aliphatic rings. The molecule has 2 rings (SSSR count). The van der Waals surface area contributed by atoms with Crippen LogP contribution in [0.5, 0.6) is 0 Å². The molecule has 0 radical (unpaired) electrons. The van der Waals surface area contributed by atoms with Gasteiger partial charge in [-0.15, -0.1) is 11.8 Å². The van der Waals surface area contributed by atoms with Crippen LogP contribution in [0.4, 0.5) is 0 Å². The summed E-state index contributed by atoms with van der Waals surface area (Å²) in [6.45, 7) is 29.2. The first kappa shape index (κ1) is 86.2. The highest BCUT2D eigenvalue weighted by atomic mass is 32.2. The van der Waals surface area contributed by atoms with Crippen molar-refractivity contribution in [2.75, 3.05) is 69.2 Å². The molecule has 550 valence electrons. The zero-order valence-corrected chi connectivity index (χ0v) is 64.0. The lowest BCUT2D eigenvalue weighted by atomic mass is 9.77. The van der Waals surface area contributed by atoms with Crippen LogP contribution in [0.2, 0.25) is 0 Å². The highest BCUT2D eigenvalue weighted by Gasteiger charge is 2.47. The maximum absolute atomic E-state index is 15.4. The first-order valence-electron chi connectivity index (χ1n) is 34.6. The summed E-state index contributed by atoms with van der Waals surface area (Å²) in [6, 6.07) is -12.8. The predicted octanol–water partition coefficient (Wildman–Crippen LogP) is 4.32. The molecular weight excluding hydrogens is 1250 g/mol. The van der Waals surface area contributed by atoms with E-state index in [1.807, 2.05) is 68.6 Å². The monoisotopic (exact) mass is 1370 g/mol. The third kappa shape index (κ3) is 23.4. The summed E-state index contributed by atoms with van der Waals surface area (Å²) in [4.78, 5) is 175. The van der Waals surface area contributed by atoms with Crippen molar-refractivity contribution in [3.8, 4) is 0 Å². The minimum atomic E-state index is -1.63. The maximum atomic E-state index is 15.4. The fourth-order valence-electron chi connectivity index (χ4n) is 12.6. The molecular formula is C70H126N12O13S. The number of aliphatic hydroxyl groups is 2. The third-order valence-corrected chi connectivity index (χ3v) is 20.8. The van der Waals surface area contributed by atoms with Crippen LogP contribution < -0.4 is 21.3 Å². The van der Waals surface area contributed by atoms with Gasteiger partial charge >= 0.3 is 0 Å². The van der Waals surface area contributed by atoms with Crippen molar-refractivity contribution in [2.45, 2.75) is 265 Å². The van der Waals surface area contributed by atoms with Crippen LogP contribution in [0.1, 0.15) is 182 Å². The summed E-state index contributed by atoms with van der Waals surface area (Å²) in [7, 11) is 14.0. The SMILES string of the molecule is C/C=C/C[C@@H](C)[C@@H](O)C1C(=O)N[C@@H](CC)C(=O)N(C)[C@H](SCC2(N(C)C)CCC2)CC(=O)N(C)[C@@H](CC(C)(C)O)C(=O)N[C@@H](C(C)C)C(=O)N(C)[C@@H](CC(C)C)C(=O)N[C@@H](C)C(=O)N[C@H](C)C(=O)N(C)[C@H](CC(C)C)C(=O)N(C)[C@@H](CC(C)C)C(=O)N(C)[C@@H](C(C)C)C(=O)N1C. The van der Waals surface area contributed by atoms with Crippen molar-refractivity contribution in [1.82, 2.24) is 60.5 Å². The van der Waals surface area contributed by atoms with Crippen LogP contribution in [0.3, 0.4) is 0 Å². The number of amides is 11. The Bertz CT molecular complexity index is 2680. The standard InChI is InChI=1S/C70H126N12O13S/c1-27-29-31-45(13)58(84)57-62(88)73-48(28-2)64(90)80(24)54(96-39-70(75(18)19)32-30-33-70)37-53(83)76(20)52(38-69(16,17)95)61(87)74-55(43(9)10)67(93)77(21)49(34-40(3)4)60(86)71-46(14)59(85)72-47(15)63(89)78(22)50(35-41(5)6)65(91)79(23)51(36-42(7)8)66(92)81(25)56(44(11)12)68(94)82(57)26/h27,29,40-52,54-58,84,95H,28,30-39H2,1-26H3,(H,71,86)(H,72,85)(H,73,88)(H,74,87)/b29-27+/t45-,46+,47-,48+,49+,50-,51+,52+,54-,55+,56+,57?,58-/m1/s1. The Labute approximate surface area is 579 Å². The number of hydrogen-bond acceptors (Lipinski definition) is 15. The van der Waals surface area contributed by atoms with E-state index in [1.54, 1.807) is 47.6 Å². The molecule has 0 aromatic heterocycles. The van der Waals surface area contributed by atoms with E-state index < -0.39 is 160 Å². The topological polar surface area (TPSA) is 302 Å². The number of allylic oxidation sites excluding steroid dienone is 2. The Morgan fingerprint density at radius 2 is 1.03 bits per heavy atom. The number of thioether (sulfide) groups is 1. The first-order valence-corrected chi connectivity index (χ1v) is 35.7. The number of rotatable bonds is 19. The van der Waals surface area contributed by atoms with E-state index in [1.165, 1.54) is 118 Å². The molecule has 1 unspecified atom stereocenters. The molecule has 0 aromatic rings. The van der Waals surface area contributed by atoms with Gasteiger partial charge in [0.15, 0.2) is 0 Å². The summed E-state index contributed by atoms with van der Waals surface area (Å²) < 4.78 is 0. The molecule has 1 saturated carbocycles. The Morgan fingerprint density at radius 3 is 1.48 bits per heavy atom. The second-order valence-corrected chi connectivity index (χ2v) is 31.3. The third-order valence-electron chi connectivity index (χ3n) is 19.2. The normalized spacial score (nSPS) is 27.5. The number of nitrogens with one attached hydrogen (secondary N) is 4. The van der Waals surface area contributed by atoms with Crippen LogP contribution in [-0.4, -0.2) is 267 Å². The van der Waals surface area contributed by atoms with Crippen molar-refractivity contribution in [3.05, 3.63) is 12.2 Å². The molecule has 1 heterocycles. The van der Waals surface area contributed by atoms with E-state index in [0.717, 1.165) is 24.2 Å². The van der Waals surface area contributed by atoms with Gasteiger partial charge in [-0.1, -0.05) is 95.2 Å². The Kier molecular flexibility index (Phi) is 34.1. The maximum Gasteiger partial charge on any atom is 0.246 e. The van der Waals surface area contributed by atoms with Crippen molar-refractivity contribution < 1.29 is 63.0 Å². The minimum absolute atomic E-state index is 0.0318. The lowest BCUT2D eigenvalue weighted by Crippen LogP contribution is -2.63. The van der Waals surface area contributed by atoms with Gasteiger partial charge in [0.05, 0.1) is 23.5 Å². The van der Waals surface area contributed by atoms with Crippen LogP contribution >= 0.6 is 11.8 Å². The van der Waals surface area contributed by atoms with Crippen LogP contribution in [-0.2, 0) is 52.7 Å². The minimum Gasteiger partial charge on any atom is -0.390 e. The van der Waals surface area contributed by atoms with Crippen molar-refractivity contribution in [3.63, 3.8) is 0 Å². The molecule has 2 fully saturated rings. The number of hydrogen-bond donors (Lipinski definition) is 6. The molecule has 0 bridgehead atoms. The fourth-order valence-corrected chi connectivity index (χ4v) is 14.2. The Morgan fingerprint density at radius 1 is 0.562 bits per heavy atom. The van der Waals surface area contributed by atoms with Crippen LogP contribution in [0.15, 0.2) is 12.2 Å². The lowest BCUT2D eigenvalue weighted by Gasteiger charge is -2.48. The van der Waals surface area contributed by atoms with Gasteiger partial charge in [0.1, 0.15) is 60.4 Å². The highest BCUT2D eigenvalue weighted by Crippen LogP contribution is 2.41. The van der Waals surface area contributed by atoms with Gasteiger partial charge in [-0.25, -0.2) is 0 Å². The van der Waals surface area contributed by atoms with Gasteiger partial charge in [-0.2, -0.15) is 0 Å². The van der Waals surface area contributed by atoms with Gasteiger partial charge in [-0.3, -0.25) is 52.7 Å². The van der Waals surface area contributed by atoms with Crippen molar-refractivity contribution >= 4 is 76.7 Å². The highest BCUT2D eigenvalue weighted by molar-refractivity contribution is 8.00. The predicted molar refractivity (Wildman–Crippen MR) is 376 cm³/mol. The number of aliphatic hydroxyl groups excluding tert-OH is 1. The van der Waals surface area contributed by atoms with Crippen molar-refractivity contribution in [1.29, 1.82) is 0 Å². The Hall–Kier alpha value is -5.86. The van der Waals surface area contributed by atoms with E-state index in [-0.39, 0.29) is 61.8 Å². The molecule has 13 atom stereocenters. The van der Waals surface area contributed by atoms with E-state index in [0.29, 0.717) is 12.2 Å². The fraction of sp³-hybridized carbons (Fsp3) is 0.814. The number of carbonyl (C=O) groups is 11. The lowest BCUT2D eigenvalue weighted by molar-refractivity contribution is -0.157. The van der Waals surface area contributed by atoms with E-state index in [9.17, 15) is 34.2 Å².